The third-order valence-corrected chi connectivity index (χ3v) is 2.59. The number of pyridine rings is 1. The first kappa shape index (κ1) is 13.3. The lowest BCUT2D eigenvalue weighted by Crippen LogP contribution is -2.12. The summed E-state index contributed by atoms with van der Waals surface area (Å²) in [4.78, 5) is 4.14. The molecule has 0 amide bonds. The number of ether oxygens (including phenoxy) is 1. The average molecular weight is 243 g/mol. The van der Waals surface area contributed by atoms with Crippen LogP contribution in [0.1, 0.15) is 32.9 Å². The summed E-state index contributed by atoms with van der Waals surface area (Å²) in [6, 6.07) is 3.43. The van der Waals surface area contributed by atoms with Crippen molar-refractivity contribution in [2.75, 3.05) is 5.73 Å². The van der Waals surface area contributed by atoms with Crippen LogP contribution < -0.4 is 5.73 Å². The summed E-state index contributed by atoms with van der Waals surface area (Å²) in [5.41, 5.74) is 6.30. The maximum atomic E-state index is 5.99. The van der Waals surface area contributed by atoms with E-state index in [-0.39, 0.29) is 6.10 Å². The summed E-state index contributed by atoms with van der Waals surface area (Å²) in [6.45, 7) is 6.81. The second kappa shape index (κ2) is 6.06. The van der Waals surface area contributed by atoms with Crippen LogP contribution in [0.25, 0.3) is 0 Å². The highest BCUT2D eigenvalue weighted by Crippen LogP contribution is 2.17. The van der Waals surface area contributed by atoms with Gasteiger partial charge in [0.1, 0.15) is 5.82 Å². The van der Waals surface area contributed by atoms with Gasteiger partial charge in [0.15, 0.2) is 0 Å². The fourth-order valence-corrected chi connectivity index (χ4v) is 1.72. The third kappa shape index (κ3) is 4.37. The average Bonchev–Trinajstić information content (AvgIpc) is 2.18. The van der Waals surface area contributed by atoms with E-state index in [4.69, 9.17) is 22.1 Å². The van der Waals surface area contributed by atoms with Crippen LogP contribution in [0.4, 0.5) is 5.82 Å². The summed E-state index contributed by atoms with van der Waals surface area (Å²) in [6.07, 6.45) is 1.24. The number of aromatic nitrogens is 1. The quantitative estimate of drug-likeness (QED) is 0.862. The molecule has 0 bridgehead atoms. The standard InChI is InChI=1S/C12H19ClN2O/c1-8(2)6-9(3)16-7-11-10(13)4-5-12(14)15-11/h4-5,8-9H,6-7H2,1-3H3,(H2,14,15). The van der Waals surface area contributed by atoms with Crippen LogP contribution in [-0.2, 0) is 11.3 Å². The maximum absolute atomic E-state index is 5.99. The van der Waals surface area contributed by atoms with E-state index < -0.39 is 0 Å². The highest BCUT2D eigenvalue weighted by atomic mass is 35.5. The number of halogens is 1. The predicted molar refractivity (Wildman–Crippen MR) is 67.4 cm³/mol. The van der Waals surface area contributed by atoms with Crippen LogP contribution in [-0.4, -0.2) is 11.1 Å². The summed E-state index contributed by atoms with van der Waals surface area (Å²) in [7, 11) is 0. The van der Waals surface area contributed by atoms with Crippen molar-refractivity contribution < 1.29 is 4.74 Å². The van der Waals surface area contributed by atoms with Crippen molar-refractivity contribution in [3.05, 3.63) is 22.8 Å². The molecular weight excluding hydrogens is 224 g/mol. The molecule has 4 heteroatoms. The van der Waals surface area contributed by atoms with E-state index in [1.54, 1.807) is 12.1 Å². The summed E-state index contributed by atoms with van der Waals surface area (Å²) in [5, 5.41) is 0.603. The molecular formula is C12H19ClN2O. The van der Waals surface area contributed by atoms with Crippen molar-refractivity contribution in [2.45, 2.75) is 39.9 Å². The van der Waals surface area contributed by atoms with E-state index in [2.05, 4.69) is 25.8 Å². The van der Waals surface area contributed by atoms with Gasteiger partial charge in [0, 0.05) is 0 Å². The summed E-state index contributed by atoms with van der Waals surface area (Å²) in [5.74, 6) is 1.10. The topological polar surface area (TPSA) is 48.1 Å². The molecule has 0 aliphatic heterocycles. The first-order chi connectivity index (χ1) is 7.49. The van der Waals surface area contributed by atoms with E-state index in [9.17, 15) is 0 Å². The Morgan fingerprint density at radius 2 is 2.06 bits per heavy atom. The minimum Gasteiger partial charge on any atom is -0.384 e. The number of hydrogen-bond donors (Lipinski definition) is 1. The van der Waals surface area contributed by atoms with Gasteiger partial charge in [0.05, 0.1) is 23.4 Å². The summed E-state index contributed by atoms with van der Waals surface area (Å²) < 4.78 is 5.67. The highest BCUT2D eigenvalue weighted by Gasteiger charge is 2.08. The van der Waals surface area contributed by atoms with Crippen molar-refractivity contribution in [1.29, 1.82) is 0 Å². The van der Waals surface area contributed by atoms with Crippen molar-refractivity contribution in [3.63, 3.8) is 0 Å². The van der Waals surface area contributed by atoms with Crippen LogP contribution in [0.3, 0.4) is 0 Å². The molecule has 1 atom stereocenters. The molecule has 1 heterocycles. The van der Waals surface area contributed by atoms with Gasteiger partial charge in [0.2, 0.25) is 0 Å². The SMILES string of the molecule is CC(C)CC(C)OCc1nc(N)ccc1Cl. The molecule has 0 aliphatic carbocycles. The van der Waals surface area contributed by atoms with Crippen LogP contribution >= 0.6 is 11.6 Å². The molecule has 0 aromatic carbocycles. The van der Waals surface area contributed by atoms with E-state index in [1.807, 2.05) is 0 Å². The molecule has 0 aliphatic rings. The molecule has 0 radical (unpaired) electrons. The van der Waals surface area contributed by atoms with Crippen molar-refractivity contribution in [1.82, 2.24) is 4.98 Å². The molecule has 0 spiro atoms. The second-order valence-electron chi connectivity index (χ2n) is 4.42. The Kier molecular flexibility index (Phi) is 5.03. The largest absolute Gasteiger partial charge is 0.384 e. The number of nitrogens with zero attached hydrogens (tertiary/aromatic N) is 1. The first-order valence-electron chi connectivity index (χ1n) is 5.51. The lowest BCUT2D eigenvalue weighted by atomic mass is 10.1. The van der Waals surface area contributed by atoms with Gasteiger partial charge < -0.3 is 10.5 Å². The molecule has 2 N–H and O–H groups in total. The molecule has 0 saturated heterocycles. The van der Waals surface area contributed by atoms with Crippen LogP contribution in [0, 0.1) is 5.92 Å². The zero-order chi connectivity index (χ0) is 12.1. The number of hydrogen-bond acceptors (Lipinski definition) is 3. The Balaban J connectivity index is 2.51. The third-order valence-electron chi connectivity index (χ3n) is 2.25. The van der Waals surface area contributed by atoms with E-state index >= 15 is 0 Å². The molecule has 90 valence electrons. The monoisotopic (exact) mass is 242 g/mol. The molecule has 1 aromatic rings. The Labute approximate surface area is 102 Å². The molecule has 1 aromatic heterocycles. The molecule has 16 heavy (non-hydrogen) atoms. The van der Waals surface area contributed by atoms with Crippen LogP contribution in [0.15, 0.2) is 12.1 Å². The minimum absolute atomic E-state index is 0.208. The second-order valence-corrected chi connectivity index (χ2v) is 4.82. The van der Waals surface area contributed by atoms with E-state index in [0.29, 0.717) is 29.1 Å². The van der Waals surface area contributed by atoms with Gasteiger partial charge in [-0.3, -0.25) is 0 Å². The van der Waals surface area contributed by atoms with Gasteiger partial charge in [0.25, 0.3) is 0 Å². The van der Waals surface area contributed by atoms with Crippen LogP contribution in [0.5, 0.6) is 0 Å². The minimum atomic E-state index is 0.208. The number of anilines is 1. The number of rotatable bonds is 5. The zero-order valence-corrected chi connectivity index (χ0v) is 10.8. The summed E-state index contributed by atoms with van der Waals surface area (Å²) >= 11 is 5.99. The van der Waals surface area contributed by atoms with Gasteiger partial charge in [-0.15, -0.1) is 0 Å². The van der Waals surface area contributed by atoms with Gasteiger partial charge in [-0.2, -0.15) is 0 Å². The fourth-order valence-electron chi connectivity index (χ4n) is 1.56. The maximum Gasteiger partial charge on any atom is 0.123 e. The van der Waals surface area contributed by atoms with Crippen molar-refractivity contribution >= 4 is 17.4 Å². The van der Waals surface area contributed by atoms with Crippen molar-refractivity contribution in [2.24, 2.45) is 5.92 Å². The predicted octanol–water partition coefficient (Wildman–Crippen LogP) is 3.27. The Hall–Kier alpha value is -0.800. The Morgan fingerprint density at radius 3 is 2.69 bits per heavy atom. The first-order valence-corrected chi connectivity index (χ1v) is 5.89. The van der Waals surface area contributed by atoms with Gasteiger partial charge >= 0.3 is 0 Å². The fraction of sp³-hybridized carbons (Fsp3) is 0.583. The lowest BCUT2D eigenvalue weighted by Gasteiger charge is -2.15. The molecule has 3 nitrogen and oxygen atoms in total. The number of nitrogen functional groups attached to an aromatic ring is 1. The van der Waals surface area contributed by atoms with Gasteiger partial charge in [-0.25, -0.2) is 4.98 Å². The Morgan fingerprint density at radius 1 is 1.38 bits per heavy atom. The van der Waals surface area contributed by atoms with E-state index in [0.717, 1.165) is 6.42 Å². The Bertz CT molecular complexity index is 342. The highest BCUT2D eigenvalue weighted by molar-refractivity contribution is 6.31. The van der Waals surface area contributed by atoms with Gasteiger partial charge in [-0.1, -0.05) is 25.4 Å². The molecule has 0 saturated carbocycles. The zero-order valence-electron chi connectivity index (χ0n) is 10.0. The molecule has 0 fully saturated rings. The van der Waals surface area contributed by atoms with Crippen molar-refractivity contribution in [3.8, 4) is 0 Å². The lowest BCUT2D eigenvalue weighted by molar-refractivity contribution is 0.0380. The smallest absolute Gasteiger partial charge is 0.123 e. The van der Waals surface area contributed by atoms with Gasteiger partial charge in [-0.05, 0) is 31.4 Å². The van der Waals surface area contributed by atoms with Crippen LogP contribution in [0.2, 0.25) is 5.02 Å². The molecule has 1 unspecified atom stereocenters. The van der Waals surface area contributed by atoms with E-state index in [1.165, 1.54) is 0 Å². The normalized spacial score (nSPS) is 13.1. The molecule has 1 rings (SSSR count). The number of nitrogens with two attached hydrogens (primary N) is 1.